The normalized spacial score (nSPS) is 10.5. The third-order valence-electron chi connectivity index (χ3n) is 3.56. The molecule has 1 amide bonds. The molecule has 1 aromatic carbocycles. The smallest absolute Gasteiger partial charge is 0.240 e. The molecule has 0 fully saturated rings. The van der Waals surface area contributed by atoms with Crippen molar-refractivity contribution in [2.45, 2.75) is 20.3 Å². The zero-order valence-electron chi connectivity index (χ0n) is 14.0. The largest absolute Gasteiger partial charge is 0.476 e. The fourth-order valence-corrected chi connectivity index (χ4v) is 3.11. The van der Waals surface area contributed by atoms with Crippen LogP contribution in [0.3, 0.4) is 0 Å². The van der Waals surface area contributed by atoms with Gasteiger partial charge in [-0.2, -0.15) is 0 Å². The van der Waals surface area contributed by atoms with Crippen LogP contribution in [-0.4, -0.2) is 27.5 Å². The first-order chi connectivity index (χ1) is 12.1. The first-order valence-corrected chi connectivity index (χ1v) is 8.72. The predicted molar refractivity (Wildman–Crippen MR) is 97.8 cm³/mol. The van der Waals surface area contributed by atoms with E-state index in [1.54, 1.807) is 23.7 Å². The second-order valence-corrected chi connectivity index (χ2v) is 6.37. The van der Waals surface area contributed by atoms with Gasteiger partial charge in [0, 0.05) is 41.9 Å². The Morgan fingerprint density at radius 3 is 2.60 bits per heavy atom. The molecular weight excluding hydrogens is 336 g/mol. The number of nitrogens with one attached hydrogen (secondary N) is 1. The van der Waals surface area contributed by atoms with Gasteiger partial charge in [-0.15, -0.1) is 11.3 Å². The van der Waals surface area contributed by atoms with Gasteiger partial charge in [0.25, 0.3) is 0 Å². The SMILES string of the molecule is CC(=O)Nc1ccc(-c2nccnc2OCCc2scnc2C)cc1. The Bertz CT molecular complexity index is 862. The third kappa shape index (κ3) is 4.39. The number of rotatable bonds is 6. The number of anilines is 1. The molecule has 0 radical (unpaired) electrons. The van der Waals surface area contributed by atoms with Gasteiger partial charge in [0.15, 0.2) is 0 Å². The summed E-state index contributed by atoms with van der Waals surface area (Å²) in [5.41, 5.74) is 5.18. The number of aryl methyl sites for hydroxylation is 1. The molecule has 0 atom stereocenters. The predicted octanol–water partition coefficient (Wildman–Crippen LogP) is 3.49. The molecule has 0 spiro atoms. The van der Waals surface area contributed by atoms with Crippen molar-refractivity contribution in [2.24, 2.45) is 0 Å². The van der Waals surface area contributed by atoms with Crippen molar-refractivity contribution in [3.63, 3.8) is 0 Å². The van der Waals surface area contributed by atoms with Crippen molar-refractivity contribution in [3.8, 4) is 17.1 Å². The molecule has 25 heavy (non-hydrogen) atoms. The minimum absolute atomic E-state index is 0.102. The van der Waals surface area contributed by atoms with Gasteiger partial charge < -0.3 is 10.1 Å². The van der Waals surface area contributed by atoms with E-state index in [-0.39, 0.29) is 5.91 Å². The van der Waals surface area contributed by atoms with Crippen LogP contribution in [0.2, 0.25) is 0 Å². The number of aromatic nitrogens is 3. The van der Waals surface area contributed by atoms with Gasteiger partial charge in [-0.3, -0.25) is 4.79 Å². The van der Waals surface area contributed by atoms with Crippen LogP contribution in [0.5, 0.6) is 5.88 Å². The van der Waals surface area contributed by atoms with Crippen molar-refractivity contribution in [1.29, 1.82) is 0 Å². The number of hydrogen-bond donors (Lipinski definition) is 1. The highest BCUT2D eigenvalue weighted by Crippen LogP contribution is 2.27. The fourth-order valence-electron chi connectivity index (χ4n) is 2.35. The quantitative estimate of drug-likeness (QED) is 0.733. The lowest BCUT2D eigenvalue weighted by molar-refractivity contribution is -0.114. The van der Waals surface area contributed by atoms with Crippen LogP contribution in [0.15, 0.2) is 42.2 Å². The summed E-state index contributed by atoms with van der Waals surface area (Å²) in [4.78, 5) is 25.2. The Labute approximate surface area is 149 Å². The van der Waals surface area contributed by atoms with Crippen LogP contribution in [0, 0.1) is 6.92 Å². The van der Waals surface area contributed by atoms with Crippen molar-refractivity contribution in [2.75, 3.05) is 11.9 Å². The molecule has 0 saturated heterocycles. The number of thiazole rings is 1. The molecule has 128 valence electrons. The summed E-state index contributed by atoms with van der Waals surface area (Å²) < 4.78 is 5.85. The van der Waals surface area contributed by atoms with Crippen molar-refractivity contribution < 1.29 is 9.53 Å². The first-order valence-electron chi connectivity index (χ1n) is 7.84. The molecule has 0 aliphatic heterocycles. The van der Waals surface area contributed by atoms with Gasteiger partial charge in [-0.1, -0.05) is 12.1 Å². The zero-order valence-corrected chi connectivity index (χ0v) is 14.8. The van der Waals surface area contributed by atoms with Gasteiger partial charge >= 0.3 is 0 Å². The molecular formula is C18H18N4O2S. The van der Waals surface area contributed by atoms with Crippen LogP contribution in [0.25, 0.3) is 11.3 Å². The van der Waals surface area contributed by atoms with E-state index < -0.39 is 0 Å². The van der Waals surface area contributed by atoms with Crippen LogP contribution in [0.4, 0.5) is 5.69 Å². The lowest BCUT2D eigenvalue weighted by atomic mass is 10.1. The molecule has 6 nitrogen and oxygen atoms in total. The van der Waals surface area contributed by atoms with E-state index in [1.165, 1.54) is 11.8 Å². The average Bonchev–Trinajstić information content (AvgIpc) is 3.01. The van der Waals surface area contributed by atoms with E-state index in [4.69, 9.17) is 4.74 Å². The number of nitrogens with zero attached hydrogens (tertiary/aromatic N) is 3. The monoisotopic (exact) mass is 354 g/mol. The minimum atomic E-state index is -0.102. The van der Waals surface area contributed by atoms with Crippen LogP contribution in [0.1, 0.15) is 17.5 Å². The van der Waals surface area contributed by atoms with E-state index in [2.05, 4.69) is 20.3 Å². The molecule has 3 rings (SSSR count). The number of amides is 1. The highest BCUT2D eigenvalue weighted by atomic mass is 32.1. The molecule has 7 heteroatoms. The second kappa shape index (κ2) is 7.85. The van der Waals surface area contributed by atoms with E-state index in [0.717, 1.165) is 23.4 Å². The maximum absolute atomic E-state index is 11.1. The molecule has 0 bridgehead atoms. The number of benzene rings is 1. The van der Waals surface area contributed by atoms with E-state index in [9.17, 15) is 4.79 Å². The maximum Gasteiger partial charge on any atom is 0.240 e. The van der Waals surface area contributed by atoms with Crippen molar-refractivity contribution in [1.82, 2.24) is 15.0 Å². The lowest BCUT2D eigenvalue weighted by Gasteiger charge is -2.10. The van der Waals surface area contributed by atoms with E-state index >= 15 is 0 Å². The van der Waals surface area contributed by atoms with Gasteiger partial charge in [-0.25, -0.2) is 15.0 Å². The summed E-state index contributed by atoms with van der Waals surface area (Å²) in [7, 11) is 0. The van der Waals surface area contributed by atoms with Crippen LogP contribution >= 0.6 is 11.3 Å². The van der Waals surface area contributed by atoms with Crippen LogP contribution < -0.4 is 10.1 Å². The topological polar surface area (TPSA) is 77.0 Å². The Hall–Kier alpha value is -2.80. The highest BCUT2D eigenvalue weighted by Gasteiger charge is 2.10. The van der Waals surface area contributed by atoms with E-state index in [1.807, 2.05) is 36.7 Å². The van der Waals surface area contributed by atoms with Gasteiger partial charge in [0.1, 0.15) is 5.69 Å². The van der Waals surface area contributed by atoms with Gasteiger partial charge in [0.2, 0.25) is 11.8 Å². The summed E-state index contributed by atoms with van der Waals surface area (Å²) in [5.74, 6) is 0.395. The van der Waals surface area contributed by atoms with Gasteiger partial charge in [-0.05, 0) is 19.1 Å². The lowest BCUT2D eigenvalue weighted by Crippen LogP contribution is -2.06. The summed E-state index contributed by atoms with van der Waals surface area (Å²) in [6.45, 7) is 3.99. The standard InChI is InChI=1S/C18H18N4O2S/c1-12-16(25-11-21-12)7-10-24-18-17(19-8-9-20-18)14-3-5-15(6-4-14)22-13(2)23/h3-6,8-9,11H,7,10H2,1-2H3,(H,22,23). The fraction of sp³-hybridized carbons (Fsp3) is 0.222. The van der Waals surface area contributed by atoms with Crippen LogP contribution in [-0.2, 0) is 11.2 Å². The zero-order chi connectivity index (χ0) is 17.6. The Balaban J connectivity index is 1.72. The minimum Gasteiger partial charge on any atom is -0.476 e. The van der Waals surface area contributed by atoms with E-state index in [0.29, 0.717) is 18.2 Å². The molecule has 1 N–H and O–H groups in total. The maximum atomic E-state index is 11.1. The van der Waals surface area contributed by atoms with Crippen molar-refractivity contribution in [3.05, 3.63) is 52.7 Å². The number of carbonyl (C=O) groups is 1. The number of ether oxygens (including phenoxy) is 1. The summed E-state index contributed by atoms with van der Waals surface area (Å²) in [5, 5.41) is 2.74. The summed E-state index contributed by atoms with van der Waals surface area (Å²) in [6.07, 6.45) is 4.04. The summed E-state index contributed by atoms with van der Waals surface area (Å²) >= 11 is 1.63. The Morgan fingerprint density at radius 1 is 1.16 bits per heavy atom. The molecule has 3 aromatic rings. The number of carbonyl (C=O) groups excluding carboxylic acids is 1. The Morgan fingerprint density at radius 2 is 1.92 bits per heavy atom. The highest BCUT2D eigenvalue weighted by molar-refractivity contribution is 7.09. The average molecular weight is 354 g/mol. The van der Waals surface area contributed by atoms with Crippen molar-refractivity contribution >= 4 is 22.9 Å². The Kier molecular flexibility index (Phi) is 5.35. The molecule has 2 aromatic heterocycles. The molecule has 0 saturated carbocycles. The molecule has 0 aliphatic carbocycles. The third-order valence-corrected chi connectivity index (χ3v) is 4.55. The molecule has 0 aliphatic rings. The molecule has 2 heterocycles. The number of hydrogen-bond acceptors (Lipinski definition) is 6. The first kappa shape index (κ1) is 17.0. The summed E-state index contributed by atoms with van der Waals surface area (Å²) in [6, 6.07) is 7.43. The van der Waals surface area contributed by atoms with Gasteiger partial charge in [0.05, 0.1) is 17.8 Å². The second-order valence-electron chi connectivity index (χ2n) is 5.43. The molecule has 0 unspecified atom stereocenters.